The van der Waals surface area contributed by atoms with Crippen molar-refractivity contribution in [2.45, 2.75) is 44.3 Å². The van der Waals surface area contributed by atoms with Crippen LogP contribution in [0.15, 0.2) is 0 Å². The molecular weight excluding hydrogens is 242 g/mol. The number of nitrogens with zero attached hydrogens (tertiary/aromatic N) is 2. The predicted molar refractivity (Wildman–Crippen MR) is 73.0 cm³/mol. The molecular formula is C14H25N3O2. The van der Waals surface area contributed by atoms with Gasteiger partial charge in [0.2, 0.25) is 5.91 Å². The molecule has 0 aromatic carbocycles. The van der Waals surface area contributed by atoms with Gasteiger partial charge in [-0.15, -0.1) is 0 Å². The molecule has 108 valence electrons. The summed E-state index contributed by atoms with van der Waals surface area (Å²) >= 11 is 0. The van der Waals surface area contributed by atoms with E-state index in [1.807, 2.05) is 0 Å². The van der Waals surface area contributed by atoms with Crippen molar-refractivity contribution in [3.63, 3.8) is 0 Å². The number of piperidine rings is 1. The van der Waals surface area contributed by atoms with Gasteiger partial charge in [0, 0.05) is 31.7 Å². The molecule has 3 fully saturated rings. The quantitative estimate of drug-likeness (QED) is 0.730. The first-order valence-electron chi connectivity index (χ1n) is 7.61. The van der Waals surface area contributed by atoms with Crippen molar-refractivity contribution in [2.75, 3.05) is 39.4 Å². The van der Waals surface area contributed by atoms with Crippen molar-refractivity contribution in [1.82, 2.24) is 15.1 Å². The SMILES string of the molecule is CC1CN2CCCCC2CN1C(=O)C1COCCN1. The van der Waals surface area contributed by atoms with E-state index in [0.717, 1.165) is 26.2 Å². The lowest BCUT2D eigenvalue weighted by Crippen LogP contribution is -2.63. The summed E-state index contributed by atoms with van der Waals surface area (Å²) in [6.07, 6.45) is 3.86. The van der Waals surface area contributed by atoms with Crippen molar-refractivity contribution in [2.24, 2.45) is 0 Å². The summed E-state index contributed by atoms with van der Waals surface area (Å²) < 4.78 is 5.42. The van der Waals surface area contributed by atoms with Gasteiger partial charge in [-0.25, -0.2) is 0 Å². The fraction of sp³-hybridized carbons (Fsp3) is 0.929. The standard InChI is InChI=1S/C14H25N3O2/c1-11-8-16-6-3-2-4-12(16)9-17(11)14(18)13-10-19-7-5-15-13/h11-13,15H,2-10H2,1H3. The Morgan fingerprint density at radius 2 is 2.21 bits per heavy atom. The molecule has 5 heteroatoms. The summed E-state index contributed by atoms with van der Waals surface area (Å²) in [6, 6.07) is 0.773. The second kappa shape index (κ2) is 5.77. The van der Waals surface area contributed by atoms with Crippen LogP contribution in [0.5, 0.6) is 0 Å². The van der Waals surface area contributed by atoms with E-state index in [-0.39, 0.29) is 11.9 Å². The number of ether oxygens (including phenoxy) is 1. The van der Waals surface area contributed by atoms with E-state index >= 15 is 0 Å². The maximum atomic E-state index is 12.6. The maximum absolute atomic E-state index is 12.6. The zero-order valence-electron chi connectivity index (χ0n) is 11.8. The average Bonchev–Trinajstić information content (AvgIpc) is 2.47. The molecule has 19 heavy (non-hydrogen) atoms. The second-order valence-corrected chi connectivity index (χ2v) is 6.07. The average molecular weight is 267 g/mol. The van der Waals surface area contributed by atoms with Gasteiger partial charge in [0.05, 0.1) is 13.2 Å². The number of hydrogen-bond donors (Lipinski definition) is 1. The van der Waals surface area contributed by atoms with Crippen molar-refractivity contribution >= 4 is 5.91 Å². The normalized spacial score (nSPS) is 36.9. The Kier molecular flexibility index (Phi) is 4.05. The van der Waals surface area contributed by atoms with Crippen LogP contribution >= 0.6 is 0 Å². The Bertz CT molecular complexity index is 331. The van der Waals surface area contributed by atoms with Crippen LogP contribution in [0.1, 0.15) is 26.2 Å². The number of morpholine rings is 1. The highest BCUT2D eigenvalue weighted by Crippen LogP contribution is 2.24. The Morgan fingerprint density at radius 1 is 1.32 bits per heavy atom. The maximum Gasteiger partial charge on any atom is 0.242 e. The summed E-state index contributed by atoms with van der Waals surface area (Å²) in [4.78, 5) is 17.3. The molecule has 3 aliphatic heterocycles. The van der Waals surface area contributed by atoms with Gasteiger partial charge in [-0.05, 0) is 26.3 Å². The number of carbonyl (C=O) groups is 1. The summed E-state index contributed by atoms with van der Waals surface area (Å²) in [5.74, 6) is 0.234. The minimum atomic E-state index is -0.133. The third-order valence-corrected chi connectivity index (χ3v) is 4.69. The molecule has 0 saturated carbocycles. The first-order valence-corrected chi connectivity index (χ1v) is 7.61. The van der Waals surface area contributed by atoms with Gasteiger partial charge in [-0.3, -0.25) is 9.69 Å². The molecule has 1 N–H and O–H groups in total. The van der Waals surface area contributed by atoms with Crippen molar-refractivity contribution in [3.05, 3.63) is 0 Å². The van der Waals surface area contributed by atoms with Gasteiger partial charge < -0.3 is 15.0 Å². The van der Waals surface area contributed by atoms with Gasteiger partial charge in [0.25, 0.3) is 0 Å². The van der Waals surface area contributed by atoms with Crippen LogP contribution in [0.2, 0.25) is 0 Å². The number of piperazine rings is 1. The van der Waals surface area contributed by atoms with Gasteiger partial charge in [-0.2, -0.15) is 0 Å². The Morgan fingerprint density at radius 3 is 3.00 bits per heavy atom. The lowest BCUT2D eigenvalue weighted by Gasteiger charge is -2.48. The number of amides is 1. The zero-order chi connectivity index (χ0) is 13.2. The molecule has 3 atom stereocenters. The van der Waals surface area contributed by atoms with Crippen LogP contribution in [0.25, 0.3) is 0 Å². The van der Waals surface area contributed by atoms with Crippen LogP contribution in [0.4, 0.5) is 0 Å². The lowest BCUT2D eigenvalue weighted by molar-refractivity contribution is -0.143. The van der Waals surface area contributed by atoms with Crippen LogP contribution in [-0.4, -0.2) is 73.2 Å². The number of nitrogens with one attached hydrogen (secondary N) is 1. The Labute approximate surface area is 115 Å². The fourth-order valence-corrected chi connectivity index (χ4v) is 3.58. The monoisotopic (exact) mass is 267 g/mol. The van der Waals surface area contributed by atoms with Crippen LogP contribution in [0, 0.1) is 0 Å². The van der Waals surface area contributed by atoms with Gasteiger partial charge >= 0.3 is 0 Å². The van der Waals surface area contributed by atoms with Crippen LogP contribution in [0.3, 0.4) is 0 Å². The molecule has 0 bridgehead atoms. The van der Waals surface area contributed by atoms with E-state index in [1.165, 1.54) is 25.8 Å². The van der Waals surface area contributed by atoms with Crippen molar-refractivity contribution < 1.29 is 9.53 Å². The molecule has 3 unspecified atom stereocenters. The largest absolute Gasteiger partial charge is 0.378 e. The van der Waals surface area contributed by atoms with E-state index in [1.54, 1.807) is 0 Å². The Balaban J connectivity index is 1.64. The van der Waals surface area contributed by atoms with Gasteiger partial charge in [0.1, 0.15) is 6.04 Å². The molecule has 3 heterocycles. The zero-order valence-corrected chi connectivity index (χ0v) is 11.8. The number of carbonyl (C=O) groups excluding carboxylic acids is 1. The Hall–Kier alpha value is -0.650. The highest BCUT2D eigenvalue weighted by Gasteiger charge is 2.37. The minimum Gasteiger partial charge on any atom is -0.378 e. The third-order valence-electron chi connectivity index (χ3n) is 4.69. The first kappa shape index (κ1) is 13.3. The van der Waals surface area contributed by atoms with Crippen LogP contribution in [-0.2, 0) is 9.53 Å². The minimum absolute atomic E-state index is 0.133. The summed E-state index contributed by atoms with van der Waals surface area (Å²) in [6.45, 7) is 7.34. The molecule has 1 amide bonds. The summed E-state index contributed by atoms with van der Waals surface area (Å²) in [7, 11) is 0. The topological polar surface area (TPSA) is 44.8 Å². The molecule has 3 aliphatic rings. The lowest BCUT2D eigenvalue weighted by atomic mass is 9.96. The molecule has 5 nitrogen and oxygen atoms in total. The van der Waals surface area contributed by atoms with E-state index in [0.29, 0.717) is 18.7 Å². The van der Waals surface area contributed by atoms with E-state index < -0.39 is 0 Å². The third kappa shape index (κ3) is 2.78. The van der Waals surface area contributed by atoms with E-state index in [9.17, 15) is 4.79 Å². The smallest absolute Gasteiger partial charge is 0.242 e. The number of hydrogen-bond acceptors (Lipinski definition) is 4. The molecule has 0 spiro atoms. The van der Waals surface area contributed by atoms with Crippen LogP contribution < -0.4 is 5.32 Å². The summed E-state index contributed by atoms with van der Waals surface area (Å²) in [5.41, 5.74) is 0. The fourth-order valence-electron chi connectivity index (χ4n) is 3.58. The molecule has 3 rings (SSSR count). The number of rotatable bonds is 1. The first-order chi connectivity index (χ1) is 9.25. The molecule has 0 aromatic heterocycles. The highest BCUT2D eigenvalue weighted by atomic mass is 16.5. The van der Waals surface area contributed by atoms with Crippen molar-refractivity contribution in [1.29, 1.82) is 0 Å². The second-order valence-electron chi connectivity index (χ2n) is 6.07. The van der Waals surface area contributed by atoms with E-state index in [2.05, 4.69) is 22.0 Å². The summed E-state index contributed by atoms with van der Waals surface area (Å²) in [5, 5.41) is 3.28. The van der Waals surface area contributed by atoms with E-state index in [4.69, 9.17) is 4.74 Å². The molecule has 3 saturated heterocycles. The molecule has 0 aliphatic carbocycles. The molecule has 0 aromatic rings. The molecule has 0 radical (unpaired) electrons. The van der Waals surface area contributed by atoms with Gasteiger partial charge in [0.15, 0.2) is 0 Å². The highest BCUT2D eigenvalue weighted by molar-refractivity contribution is 5.82. The van der Waals surface area contributed by atoms with Crippen molar-refractivity contribution in [3.8, 4) is 0 Å². The predicted octanol–water partition coefficient (Wildman–Crippen LogP) is 0.0600. The van der Waals surface area contributed by atoms with Gasteiger partial charge in [-0.1, -0.05) is 6.42 Å². The number of fused-ring (bicyclic) bond motifs is 1.